The lowest BCUT2D eigenvalue weighted by atomic mass is 10.1. The van der Waals surface area contributed by atoms with Gasteiger partial charge in [-0.2, -0.15) is 0 Å². The summed E-state index contributed by atoms with van der Waals surface area (Å²) >= 11 is 11.8. The summed E-state index contributed by atoms with van der Waals surface area (Å²) in [7, 11) is 0. The quantitative estimate of drug-likeness (QED) is 0.792. The van der Waals surface area contributed by atoms with Crippen LogP contribution >= 0.6 is 23.2 Å². The Balaban J connectivity index is 1.72. The van der Waals surface area contributed by atoms with Crippen LogP contribution in [0.4, 0.5) is 0 Å². The normalized spacial score (nSPS) is 10.6. The molecule has 0 aliphatic rings. The summed E-state index contributed by atoms with van der Waals surface area (Å²) < 4.78 is 0. The molecule has 0 fully saturated rings. The Morgan fingerprint density at radius 2 is 1.73 bits per heavy atom. The molecule has 110 valence electrons. The molecule has 0 aliphatic heterocycles. The Morgan fingerprint density at radius 3 is 2.50 bits per heavy atom. The zero-order valence-electron chi connectivity index (χ0n) is 11.4. The van der Waals surface area contributed by atoms with Gasteiger partial charge in [-0.05, 0) is 35.9 Å². The standard InChI is InChI=1S/C16H11Cl2N3O/c17-12-3-2-11(8-13(12)18)16(22)21-9-10-1-4-14-15(7-10)20-6-5-19-14/h1-8H,9H2,(H,21,22). The molecule has 1 heterocycles. The molecule has 22 heavy (non-hydrogen) atoms. The number of carbonyl (C=O) groups is 1. The molecule has 1 aromatic heterocycles. The van der Waals surface area contributed by atoms with Gasteiger partial charge >= 0.3 is 0 Å². The first-order valence-electron chi connectivity index (χ1n) is 6.56. The molecular weight excluding hydrogens is 321 g/mol. The largest absolute Gasteiger partial charge is 0.348 e. The van der Waals surface area contributed by atoms with E-state index in [-0.39, 0.29) is 5.91 Å². The molecule has 2 aromatic carbocycles. The summed E-state index contributed by atoms with van der Waals surface area (Å²) in [6.45, 7) is 0.394. The smallest absolute Gasteiger partial charge is 0.251 e. The zero-order valence-corrected chi connectivity index (χ0v) is 12.9. The fourth-order valence-corrected chi connectivity index (χ4v) is 2.34. The van der Waals surface area contributed by atoms with Gasteiger partial charge in [-0.25, -0.2) is 0 Å². The third-order valence-corrected chi connectivity index (χ3v) is 3.91. The van der Waals surface area contributed by atoms with E-state index < -0.39 is 0 Å². The van der Waals surface area contributed by atoms with Crippen LogP contribution in [0.1, 0.15) is 15.9 Å². The van der Waals surface area contributed by atoms with Gasteiger partial charge in [-0.15, -0.1) is 0 Å². The number of carbonyl (C=O) groups excluding carboxylic acids is 1. The minimum absolute atomic E-state index is 0.210. The lowest BCUT2D eigenvalue weighted by molar-refractivity contribution is 0.0951. The summed E-state index contributed by atoms with van der Waals surface area (Å²) in [5.41, 5.74) is 3.03. The van der Waals surface area contributed by atoms with Crippen LogP contribution in [0.3, 0.4) is 0 Å². The minimum Gasteiger partial charge on any atom is -0.348 e. The third kappa shape index (κ3) is 3.18. The molecular formula is C16H11Cl2N3O. The minimum atomic E-state index is -0.210. The lowest BCUT2D eigenvalue weighted by Crippen LogP contribution is -2.22. The predicted octanol–water partition coefficient (Wildman–Crippen LogP) is 3.87. The molecule has 0 unspecified atom stereocenters. The number of rotatable bonds is 3. The van der Waals surface area contributed by atoms with Gasteiger partial charge in [-0.3, -0.25) is 14.8 Å². The number of amides is 1. The highest BCUT2D eigenvalue weighted by atomic mass is 35.5. The predicted molar refractivity (Wildman–Crippen MR) is 87.2 cm³/mol. The van der Waals surface area contributed by atoms with Crippen molar-refractivity contribution in [3.05, 3.63) is 70.0 Å². The molecule has 4 nitrogen and oxygen atoms in total. The number of nitrogens with zero attached hydrogens (tertiary/aromatic N) is 2. The van der Waals surface area contributed by atoms with Crippen LogP contribution in [0.5, 0.6) is 0 Å². The van der Waals surface area contributed by atoms with Crippen LogP contribution < -0.4 is 5.32 Å². The number of hydrogen-bond donors (Lipinski definition) is 1. The van der Waals surface area contributed by atoms with Crippen LogP contribution in [0, 0.1) is 0 Å². The summed E-state index contributed by atoms with van der Waals surface area (Å²) in [4.78, 5) is 20.6. The number of halogens is 2. The maximum atomic E-state index is 12.1. The van der Waals surface area contributed by atoms with Gasteiger partial charge in [0.05, 0.1) is 21.1 Å². The molecule has 1 N–H and O–H groups in total. The molecule has 3 rings (SSSR count). The number of hydrogen-bond acceptors (Lipinski definition) is 3. The van der Waals surface area contributed by atoms with E-state index in [1.807, 2.05) is 18.2 Å². The molecule has 0 saturated heterocycles. The Kier molecular flexibility index (Phi) is 4.22. The van der Waals surface area contributed by atoms with Crippen molar-refractivity contribution in [3.8, 4) is 0 Å². The number of benzene rings is 2. The molecule has 6 heteroatoms. The molecule has 1 amide bonds. The van der Waals surface area contributed by atoms with Crippen molar-refractivity contribution in [1.29, 1.82) is 0 Å². The van der Waals surface area contributed by atoms with E-state index in [1.54, 1.807) is 30.6 Å². The van der Waals surface area contributed by atoms with Gasteiger partial charge in [0.1, 0.15) is 0 Å². The van der Waals surface area contributed by atoms with Crippen molar-refractivity contribution < 1.29 is 4.79 Å². The average molecular weight is 332 g/mol. The molecule has 0 radical (unpaired) electrons. The number of aromatic nitrogens is 2. The van der Waals surface area contributed by atoms with E-state index in [1.165, 1.54) is 0 Å². The topological polar surface area (TPSA) is 54.9 Å². The SMILES string of the molecule is O=C(NCc1ccc2nccnc2c1)c1ccc(Cl)c(Cl)c1. The van der Waals surface area contributed by atoms with E-state index in [0.29, 0.717) is 22.2 Å². The van der Waals surface area contributed by atoms with Gasteiger partial charge in [0.25, 0.3) is 5.91 Å². The van der Waals surface area contributed by atoms with Crippen LogP contribution in [0.25, 0.3) is 11.0 Å². The van der Waals surface area contributed by atoms with Crippen LogP contribution in [-0.4, -0.2) is 15.9 Å². The van der Waals surface area contributed by atoms with Crippen LogP contribution in [0.15, 0.2) is 48.8 Å². The van der Waals surface area contributed by atoms with Crippen molar-refractivity contribution >= 4 is 40.1 Å². The summed E-state index contributed by atoms with van der Waals surface area (Å²) in [5.74, 6) is -0.210. The first-order valence-corrected chi connectivity index (χ1v) is 7.32. The lowest BCUT2D eigenvalue weighted by Gasteiger charge is -2.07. The monoisotopic (exact) mass is 331 g/mol. The van der Waals surface area contributed by atoms with Gasteiger partial charge in [0, 0.05) is 24.5 Å². The molecule has 0 saturated carbocycles. The van der Waals surface area contributed by atoms with Gasteiger partial charge in [0.2, 0.25) is 0 Å². The maximum Gasteiger partial charge on any atom is 0.251 e. The fraction of sp³-hybridized carbons (Fsp3) is 0.0625. The highest BCUT2D eigenvalue weighted by molar-refractivity contribution is 6.42. The van der Waals surface area contributed by atoms with Crippen molar-refractivity contribution in [2.24, 2.45) is 0 Å². The van der Waals surface area contributed by atoms with E-state index in [2.05, 4.69) is 15.3 Å². The van der Waals surface area contributed by atoms with Crippen LogP contribution in [-0.2, 0) is 6.54 Å². The van der Waals surface area contributed by atoms with E-state index in [0.717, 1.165) is 16.6 Å². The van der Waals surface area contributed by atoms with E-state index >= 15 is 0 Å². The van der Waals surface area contributed by atoms with Crippen LogP contribution in [0.2, 0.25) is 10.0 Å². The van der Waals surface area contributed by atoms with Gasteiger partial charge in [-0.1, -0.05) is 29.3 Å². The highest BCUT2D eigenvalue weighted by Gasteiger charge is 2.08. The first-order chi connectivity index (χ1) is 10.6. The number of fused-ring (bicyclic) bond motifs is 1. The summed E-state index contributed by atoms with van der Waals surface area (Å²) in [6, 6.07) is 10.5. The van der Waals surface area contributed by atoms with E-state index in [4.69, 9.17) is 23.2 Å². The Bertz CT molecular complexity index is 852. The van der Waals surface area contributed by atoms with Gasteiger partial charge < -0.3 is 5.32 Å². The Labute approximate surface area is 137 Å². The van der Waals surface area contributed by atoms with Crippen molar-refractivity contribution in [2.45, 2.75) is 6.54 Å². The Morgan fingerprint density at radius 1 is 0.955 bits per heavy atom. The molecule has 3 aromatic rings. The highest BCUT2D eigenvalue weighted by Crippen LogP contribution is 2.22. The maximum absolute atomic E-state index is 12.1. The average Bonchev–Trinajstić information content (AvgIpc) is 2.55. The van der Waals surface area contributed by atoms with Crippen molar-refractivity contribution in [3.63, 3.8) is 0 Å². The summed E-state index contributed by atoms with van der Waals surface area (Å²) in [6.07, 6.45) is 3.29. The second-order valence-electron chi connectivity index (χ2n) is 4.69. The van der Waals surface area contributed by atoms with Crippen molar-refractivity contribution in [1.82, 2.24) is 15.3 Å². The first kappa shape index (κ1) is 14.8. The molecule has 0 spiro atoms. The second-order valence-corrected chi connectivity index (χ2v) is 5.51. The Hall–Kier alpha value is -2.17. The van der Waals surface area contributed by atoms with E-state index in [9.17, 15) is 4.79 Å². The molecule has 0 atom stereocenters. The zero-order chi connectivity index (χ0) is 15.5. The number of nitrogens with one attached hydrogen (secondary N) is 1. The summed E-state index contributed by atoms with van der Waals surface area (Å²) in [5, 5.41) is 3.62. The fourth-order valence-electron chi connectivity index (χ4n) is 2.04. The second kappa shape index (κ2) is 6.30. The van der Waals surface area contributed by atoms with Gasteiger partial charge in [0.15, 0.2) is 0 Å². The third-order valence-electron chi connectivity index (χ3n) is 3.17. The van der Waals surface area contributed by atoms with Crippen molar-refractivity contribution in [2.75, 3.05) is 0 Å². The molecule has 0 bridgehead atoms. The molecule has 0 aliphatic carbocycles.